The van der Waals surface area contributed by atoms with Gasteiger partial charge in [-0.2, -0.15) is 10.4 Å². The third-order valence-electron chi connectivity index (χ3n) is 7.28. The smallest absolute Gasteiger partial charge is 0.254 e. The molecular formula is C29H29ClN8O. The van der Waals surface area contributed by atoms with Gasteiger partial charge in [-0.25, -0.2) is 9.97 Å². The summed E-state index contributed by atoms with van der Waals surface area (Å²) in [5.41, 5.74) is 6.64. The van der Waals surface area contributed by atoms with Gasteiger partial charge in [0.1, 0.15) is 5.65 Å². The third kappa shape index (κ3) is 5.00. The number of carbonyl (C=O) groups is 1. The van der Waals surface area contributed by atoms with Crippen LogP contribution >= 0.6 is 11.6 Å². The minimum absolute atomic E-state index is 0.229. The molecule has 1 aliphatic carbocycles. The summed E-state index contributed by atoms with van der Waals surface area (Å²) in [7, 11) is 0. The summed E-state index contributed by atoms with van der Waals surface area (Å²) in [6.45, 7) is 6.56. The number of aromatic nitrogens is 6. The van der Waals surface area contributed by atoms with Crippen molar-refractivity contribution in [3.05, 3.63) is 88.1 Å². The second-order valence-corrected chi connectivity index (χ2v) is 11.5. The van der Waals surface area contributed by atoms with Gasteiger partial charge in [-0.05, 0) is 68.7 Å². The molecule has 0 unspecified atom stereocenters. The number of rotatable bonds is 8. The largest absolute Gasteiger partial charge is 0.346 e. The van der Waals surface area contributed by atoms with Crippen LogP contribution in [0.3, 0.4) is 0 Å². The quantitative estimate of drug-likeness (QED) is 0.295. The van der Waals surface area contributed by atoms with Crippen molar-refractivity contribution in [1.82, 2.24) is 33.9 Å². The highest BCUT2D eigenvalue weighted by atomic mass is 35.5. The second-order valence-electron chi connectivity index (χ2n) is 11.1. The normalized spacial score (nSPS) is 13.7. The molecule has 1 fully saturated rings. The number of nitriles is 1. The molecule has 0 radical (unpaired) electrons. The van der Waals surface area contributed by atoms with Gasteiger partial charge < -0.3 is 14.1 Å². The lowest BCUT2D eigenvalue weighted by atomic mass is 9.87. The van der Waals surface area contributed by atoms with Crippen molar-refractivity contribution in [2.45, 2.75) is 59.0 Å². The molecule has 1 aliphatic rings. The highest BCUT2D eigenvalue weighted by Crippen LogP contribution is 2.41. The molecule has 5 aromatic heterocycles. The van der Waals surface area contributed by atoms with E-state index in [4.69, 9.17) is 16.6 Å². The lowest BCUT2D eigenvalue weighted by Crippen LogP contribution is -2.22. The number of hydrogen-bond acceptors (Lipinski definition) is 5. The van der Waals surface area contributed by atoms with E-state index in [9.17, 15) is 10.1 Å². The molecule has 0 spiro atoms. The van der Waals surface area contributed by atoms with Crippen molar-refractivity contribution >= 4 is 28.7 Å². The molecule has 198 valence electrons. The first-order valence-electron chi connectivity index (χ1n) is 13.0. The molecule has 1 N–H and O–H groups in total. The zero-order valence-electron chi connectivity index (χ0n) is 22.1. The van der Waals surface area contributed by atoms with Gasteiger partial charge in [0.05, 0.1) is 59.6 Å². The van der Waals surface area contributed by atoms with Crippen LogP contribution in [0.15, 0.2) is 49.4 Å². The molecular weight excluding hydrogens is 512 g/mol. The summed E-state index contributed by atoms with van der Waals surface area (Å²) in [5.74, 6) is 0.365. The Kier molecular flexibility index (Phi) is 6.15. The monoisotopic (exact) mass is 540 g/mol. The van der Waals surface area contributed by atoms with Crippen LogP contribution in [0.5, 0.6) is 0 Å². The average Bonchev–Trinajstić information content (AvgIpc) is 3.30. The van der Waals surface area contributed by atoms with Gasteiger partial charge >= 0.3 is 0 Å². The fraction of sp³-hybridized carbons (Fsp3) is 0.345. The van der Waals surface area contributed by atoms with Crippen molar-refractivity contribution in [2.24, 2.45) is 5.41 Å². The molecule has 10 heteroatoms. The third-order valence-corrected chi connectivity index (χ3v) is 7.69. The van der Waals surface area contributed by atoms with Crippen LogP contribution in [0.4, 0.5) is 0 Å². The fourth-order valence-electron chi connectivity index (χ4n) is 5.04. The maximum absolute atomic E-state index is 12.9. The van der Waals surface area contributed by atoms with E-state index in [-0.39, 0.29) is 12.5 Å². The molecule has 1 saturated carbocycles. The SMILES string of the molecule is Cc1c(Cl)ccn2cnc(CNC(=O)c3cnn(Cc4cn5cc(C6CC6)cc(CC(C)(C)C#N)c5n4)c3)c12. The summed E-state index contributed by atoms with van der Waals surface area (Å²) >= 11 is 6.28. The van der Waals surface area contributed by atoms with E-state index in [0.717, 1.165) is 33.7 Å². The standard InChI is InChI=1S/C29H29ClN8O/c1-18-24(30)6-7-36-17-33-25(26(18)36)11-32-28(39)22-10-34-38(13-22)15-23-14-37-12-21(19-4-5-19)8-20(27(37)35-23)9-29(2,3)16-31/h6-8,10,12-14,17,19H,4-5,9,11,15H2,1-3H3,(H,32,39). The predicted octanol–water partition coefficient (Wildman–Crippen LogP) is 5.09. The van der Waals surface area contributed by atoms with E-state index < -0.39 is 5.41 Å². The van der Waals surface area contributed by atoms with E-state index in [1.807, 2.05) is 43.6 Å². The molecule has 6 rings (SSSR count). The van der Waals surface area contributed by atoms with Gasteiger partial charge in [-0.1, -0.05) is 17.7 Å². The number of aryl methyl sites for hydroxylation is 1. The van der Waals surface area contributed by atoms with Crippen LogP contribution < -0.4 is 5.32 Å². The number of fused-ring (bicyclic) bond motifs is 2. The Morgan fingerprint density at radius 1 is 1.26 bits per heavy atom. The summed E-state index contributed by atoms with van der Waals surface area (Å²) in [6, 6.07) is 6.46. The molecule has 39 heavy (non-hydrogen) atoms. The zero-order chi connectivity index (χ0) is 27.3. The number of nitrogens with one attached hydrogen (secondary N) is 1. The number of amides is 1. The minimum atomic E-state index is -0.479. The first-order valence-corrected chi connectivity index (χ1v) is 13.4. The fourth-order valence-corrected chi connectivity index (χ4v) is 5.19. The van der Waals surface area contributed by atoms with Crippen LogP contribution in [0.1, 0.15) is 71.0 Å². The van der Waals surface area contributed by atoms with Gasteiger partial charge in [0, 0.05) is 29.8 Å². The predicted molar refractivity (Wildman–Crippen MR) is 148 cm³/mol. The van der Waals surface area contributed by atoms with Crippen molar-refractivity contribution < 1.29 is 4.79 Å². The Morgan fingerprint density at radius 3 is 2.85 bits per heavy atom. The Hall–Kier alpha value is -4.16. The Labute approximate surface area is 231 Å². The van der Waals surface area contributed by atoms with Gasteiger partial charge in [0.2, 0.25) is 0 Å². The van der Waals surface area contributed by atoms with Gasteiger partial charge in [-0.15, -0.1) is 0 Å². The lowest BCUT2D eigenvalue weighted by Gasteiger charge is -2.16. The molecule has 0 aromatic carbocycles. The van der Waals surface area contributed by atoms with E-state index >= 15 is 0 Å². The second kappa shape index (κ2) is 9.54. The van der Waals surface area contributed by atoms with Crippen LogP contribution in [-0.4, -0.2) is 34.5 Å². The van der Waals surface area contributed by atoms with Crippen LogP contribution in [0.25, 0.3) is 11.2 Å². The van der Waals surface area contributed by atoms with E-state index in [1.54, 1.807) is 23.4 Å². The summed E-state index contributed by atoms with van der Waals surface area (Å²) in [4.78, 5) is 22.2. The number of hydrogen-bond donors (Lipinski definition) is 1. The zero-order valence-corrected chi connectivity index (χ0v) is 22.9. The summed E-state index contributed by atoms with van der Waals surface area (Å²) in [6.07, 6.45) is 14.1. The maximum atomic E-state index is 12.9. The molecule has 9 nitrogen and oxygen atoms in total. The highest BCUT2D eigenvalue weighted by Gasteiger charge is 2.27. The first-order chi connectivity index (χ1) is 18.7. The van der Waals surface area contributed by atoms with E-state index in [2.05, 4.69) is 38.1 Å². The average molecular weight is 541 g/mol. The number of carbonyl (C=O) groups excluding carboxylic acids is 1. The van der Waals surface area contributed by atoms with Gasteiger partial charge in [0.15, 0.2) is 0 Å². The number of pyridine rings is 2. The number of imidazole rings is 2. The van der Waals surface area contributed by atoms with Gasteiger partial charge in [0.25, 0.3) is 5.91 Å². The molecule has 1 amide bonds. The highest BCUT2D eigenvalue weighted by molar-refractivity contribution is 6.31. The van der Waals surface area contributed by atoms with E-state index in [0.29, 0.717) is 29.5 Å². The maximum Gasteiger partial charge on any atom is 0.254 e. The van der Waals surface area contributed by atoms with Crippen molar-refractivity contribution in [1.29, 1.82) is 5.26 Å². The molecule has 0 aliphatic heterocycles. The molecule has 0 atom stereocenters. The molecule has 0 saturated heterocycles. The van der Waals surface area contributed by atoms with Crippen LogP contribution in [-0.2, 0) is 19.5 Å². The van der Waals surface area contributed by atoms with Crippen molar-refractivity contribution in [3.8, 4) is 6.07 Å². The first kappa shape index (κ1) is 25.1. The molecule has 0 bridgehead atoms. The number of halogens is 1. The summed E-state index contributed by atoms with van der Waals surface area (Å²) in [5, 5.41) is 17.6. The van der Waals surface area contributed by atoms with Gasteiger partial charge in [-0.3, -0.25) is 9.48 Å². The van der Waals surface area contributed by atoms with Crippen LogP contribution in [0, 0.1) is 23.7 Å². The van der Waals surface area contributed by atoms with Crippen molar-refractivity contribution in [3.63, 3.8) is 0 Å². The molecule has 5 heterocycles. The number of nitrogens with zero attached hydrogens (tertiary/aromatic N) is 7. The summed E-state index contributed by atoms with van der Waals surface area (Å²) < 4.78 is 5.69. The minimum Gasteiger partial charge on any atom is -0.346 e. The van der Waals surface area contributed by atoms with Crippen molar-refractivity contribution in [2.75, 3.05) is 0 Å². The van der Waals surface area contributed by atoms with Crippen LogP contribution in [0.2, 0.25) is 5.02 Å². The Bertz CT molecular complexity index is 1770. The topological polar surface area (TPSA) is 105 Å². The lowest BCUT2D eigenvalue weighted by molar-refractivity contribution is 0.0950. The Morgan fingerprint density at radius 2 is 2.08 bits per heavy atom. The Balaban J connectivity index is 1.18. The van der Waals surface area contributed by atoms with E-state index in [1.165, 1.54) is 18.4 Å². The molecule has 5 aromatic rings.